The van der Waals surface area contributed by atoms with Crippen LogP contribution in [0.25, 0.3) is 0 Å². The van der Waals surface area contributed by atoms with Gasteiger partial charge in [-0.15, -0.1) is 0 Å². The van der Waals surface area contributed by atoms with E-state index < -0.39 is 10.0 Å². The fourth-order valence-electron chi connectivity index (χ4n) is 4.70. The third kappa shape index (κ3) is 3.61. The van der Waals surface area contributed by atoms with Crippen LogP contribution in [-0.2, 0) is 10.0 Å². The SMILES string of the molecule is Cc1cccc(NS(=O)(=O)c2ccc3c(c2)[C@@H]2C=CC[C@@H]2[C@H](c2ccccc2F)N3)c1. The van der Waals surface area contributed by atoms with Crippen LogP contribution in [0.2, 0.25) is 0 Å². The zero-order valence-electron chi connectivity index (χ0n) is 17.0. The van der Waals surface area contributed by atoms with Gasteiger partial charge in [-0.2, -0.15) is 0 Å². The fourth-order valence-corrected chi connectivity index (χ4v) is 5.78. The van der Waals surface area contributed by atoms with E-state index in [-0.39, 0.29) is 28.6 Å². The molecule has 0 aromatic heterocycles. The number of aryl methyl sites for hydroxylation is 1. The highest BCUT2D eigenvalue weighted by Crippen LogP contribution is 2.50. The van der Waals surface area contributed by atoms with Crippen LogP contribution in [0.1, 0.15) is 35.1 Å². The van der Waals surface area contributed by atoms with Gasteiger partial charge in [0.05, 0.1) is 10.9 Å². The van der Waals surface area contributed by atoms with Gasteiger partial charge in [-0.1, -0.05) is 42.5 Å². The minimum atomic E-state index is -3.73. The van der Waals surface area contributed by atoms with Crippen LogP contribution in [0.3, 0.4) is 0 Å². The average Bonchev–Trinajstić information content (AvgIpc) is 3.23. The van der Waals surface area contributed by atoms with Crippen molar-refractivity contribution in [3.8, 4) is 0 Å². The van der Waals surface area contributed by atoms with Gasteiger partial charge >= 0.3 is 0 Å². The molecule has 5 rings (SSSR count). The van der Waals surface area contributed by atoms with E-state index in [0.29, 0.717) is 11.3 Å². The smallest absolute Gasteiger partial charge is 0.261 e. The Morgan fingerprint density at radius 1 is 1.00 bits per heavy atom. The van der Waals surface area contributed by atoms with Gasteiger partial charge < -0.3 is 5.32 Å². The summed E-state index contributed by atoms with van der Waals surface area (Å²) >= 11 is 0. The lowest BCUT2D eigenvalue weighted by Crippen LogP contribution is -2.30. The Balaban J connectivity index is 1.51. The molecule has 0 spiro atoms. The summed E-state index contributed by atoms with van der Waals surface area (Å²) in [7, 11) is -3.73. The van der Waals surface area contributed by atoms with Crippen LogP contribution < -0.4 is 10.0 Å². The maximum atomic E-state index is 14.5. The molecule has 6 heteroatoms. The number of hydrogen-bond acceptors (Lipinski definition) is 3. The molecule has 2 aliphatic rings. The standard InChI is InChI=1S/C25H23FN2O2S/c1-16-6-4-7-17(14-16)28-31(29,30)18-12-13-24-22(15-18)19-9-5-10-20(19)25(27-24)21-8-2-3-11-23(21)26/h2-9,11-15,19-20,25,27-28H,10H2,1H3/t19-,20+,25-/m1/s1. The van der Waals surface area contributed by atoms with Crippen molar-refractivity contribution in [1.29, 1.82) is 0 Å². The molecule has 3 atom stereocenters. The second-order valence-electron chi connectivity index (χ2n) is 8.22. The normalized spacial score (nSPS) is 21.8. The minimum Gasteiger partial charge on any atom is -0.378 e. The first-order valence-corrected chi connectivity index (χ1v) is 11.8. The van der Waals surface area contributed by atoms with Crippen LogP contribution in [0.5, 0.6) is 0 Å². The lowest BCUT2D eigenvalue weighted by atomic mass is 9.77. The quantitative estimate of drug-likeness (QED) is 0.513. The Bertz CT molecular complexity index is 1290. The first-order chi connectivity index (χ1) is 14.9. The Hall–Kier alpha value is -3.12. The van der Waals surface area contributed by atoms with Crippen LogP contribution >= 0.6 is 0 Å². The minimum absolute atomic E-state index is 0.0370. The third-order valence-electron chi connectivity index (χ3n) is 6.16. The summed E-state index contributed by atoms with van der Waals surface area (Å²) in [5.41, 5.74) is 3.93. The molecule has 0 radical (unpaired) electrons. The van der Waals surface area contributed by atoms with Gasteiger partial charge in [0.1, 0.15) is 5.82 Å². The molecule has 0 saturated heterocycles. The molecule has 31 heavy (non-hydrogen) atoms. The van der Waals surface area contributed by atoms with E-state index in [0.717, 1.165) is 23.2 Å². The molecule has 0 fully saturated rings. The highest BCUT2D eigenvalue weighted by atomic mass is 32.2. The van der Waals surface area contributed by atoms with Gasteiger partial charge in [-0.3, -0.25) is 4.72 Å². The number of rotatable bonds is 4. The van der Waals surface area contributed by atoms with Gasteiger partial charge in [-0.25, -0.2) is 12.8 Å². The van der Waals surface area contributed by atoms with Gasteiger partial charge in [0.25, 0.3) is 10.0 Å². The molecule has 2 N–H and O–H groups in total. The van der Waals surface area contributed by atoms with Crippen molar-refractivity contribution in [2.24, 2.45) is 5.92 Å². The number of benzene rings is 3. The maximum absolute atomic E-state index is 14.5. The Morgan fingerprint density at radius 2 is 1.84 bits per heavy atom. The number of sulfonamides is 1. The van der Waals surface area contributed by atoms with E-state index in [9.17, 15) is 12.8 Å². The number of fused-ring (bicyclic) bond motifs is 3. The molecule has 0 saturated carbocycles. The summed E-state index contributed by atoms with van der Waals surface area (Å²) in [6.45, 7) is 1.92. The zero-order chi connectivity index (χ0) is 21.6. The van der Waals surface area contributed by atoms with E-state index in [1.165, 1.54) is 6.07 Å². The van der Waals surface area contributed by atoms with Crippen molar-refractivity contribution in [2.75, 3.05) is 10.0 Å². The lowest BCUT2D eigenvalue weighted by molar-refractivity contribution is 0.413. The molecule has 0 bridgehead atoms. The van der Waals surface area contributed by atoms with Crippen molar-refractivity contribution in [3.63, 3.8) is 0 Å². The molecule has 0 unspecified atom stereocenters. The molecule has 4 nitrogen and oxygen atoms in total. The molecule has 0 amide bonds. The molecular formula is C25H23FN2O2S. The van der Waals surface area contributed by atoms with Crippen LogP contribution in [0.15, 0.2) is 83.8 Å². The monoisotopic (exact) mass is 434 g/mol. The fraction of sp³-hybridized carbons (Fsp3) is 0.200. The molecule has 3 aromatic rings. The van der Waals surface area contributed by atoms with E-state index >= 15 is 0 Å². The lowest BCUT2D eigenvalue weighted by Gasteiger charge is -2.37. The van der Waals surface area contributed by atoms with Crippen LogP contribution in [0, 0.1) is 18.7 Å². The second kappa shape index (κ2) is 7.54. The predicted molar refractivity (Wildman–Crippen MR) is 121 cm³/mol. The summed E-state index contributed by atoms with van der Waals surface area (Å²) in [4.78, 5) is 0.220. The molecular weight excluding hydrogens is 411 g/mol. The van der Waals surface area contributed by atoms with E-state index in [1.807, 2.05) is 31.2 Å². The predicted octanol–water partition coefficient (Wildman–Crippen LogP) is 5.76. The number of halogens is 1. The van der Waals surface area contributed by atoms with Crippen LogP contribution in [-0.4, -0.2) is 8.42 Å². The largest absolute Gasteiger partial charge is 0.378 e. The first kappa shape index (κ1) is 19.8. The Kier molecular flexibility index (Phi) is 4.82. The van der Waals surface area contributed by atoms with Crippen molar-refractivity contribution in [3.05, 3.63) is 101 Å². The molecule has 1 aliphatic heterocycles. The van der Waals surface area contributed by atoms with Gasteiger partial charge in [-0.05, 0) is 66.8 Å². The summed E-state index contributed by atoms with van der Waals surface area (Å²) in [6.07, 6.45) is 5.03. The number of allylic oxidation sites excluding steroid dienone is 2. The van der Waals surface area contributed by atoms with Crippen molar-refractivity contribution >= 4 is 21.4 Å². The molecule has 3 aromatic carbocycles. The number of hydrogen-bond donors (Lipinski definition) is 2. The molecule has 1 aliphatic carbocycles. The zero-order valence-corrected chi connectivity index (χ0v) is 17.9. The average molecular weight is 435 g/mol. The van der Waals surface area contributed by atoms with Crippen LogP contribution in [0.4, 0.5) is 15.8 Å². The highest BCUT2D eigenvalue weighted by molar-refractivity contribution is 7.92. The topological polar surface area (TPSA) is 58.2 Å². The third-order valence-corrected chi connectivity index (χ3v) is 7.53. The summed E-state index contributed by atoms with van der Waals surface area (Å²) < 4.78 is 43.2. The summed E-state index contributed by atoms with van der Waals surface area (Å²) in [5, 5.41) is 3.47. The van der Waals surface area contributed by atoms with Gasteiger partial charge in [0.15, 0.2) is 0 Å². The Labute approximate surface area is 181 Å². The second-order valence-corrected chi connectivity index (χ2v) is 9.90. The van der Waals surface area contributed by atoms with Gasteiger partial charge in [0.2, 0.25) is 0 Å². The van der Waals surface area contributed by atoms with Gasteiger partial charge in [0, 0.05) is 22.9 Å². The molecule has 158 valence electrons. The van der Waals surface area contributed by atoms with E-state index in [2.05, 4.69) is 22.2 Å². The van der Waals surface area contributed by atoms with E-state index in [4.69, 9.17) is 0 Å². The molecule has 1 heterocycles. The van der Waals surface area contributed by atoms with Crippen molar-refractivity contribution in [2.45, 2.75) is 30.2 Å². The maximum Gasteiger partial charge on any atom is 0.261 e. The number of anilines is 2. The van der Waals surface area contributed by atoms with Crippen molar-refractivity contribution < 1.29 is 12.8 Å². The summed E-state index contributed by atoms with van der Waals surface area (Å²) in [6, 6.07) is 19.1. The Morgan fingerprint density at radius 3 is 2.65 bits per heavy atom. The first-order valence-electron chi connectivity index (χ1n) is 10.3. The van der Waals surface area contributed by atoms with Crippen molar-refractivity contribution in [1.82, 2.24) is 0 Å². The van der Waals surface area contributed by atoms with E-state index in [1.54, 1.807) is 36.4 Å². The highest BCUT2D eigenvalue weighted by Gasteiger charge is 2.39. The summed E-state index contributed by atoms with van der Waals surface area (Å²) in [5.74, 6) is -0.0577. The number of nitrogens with one attached hydrogen (secondary N) is 2.